The Morgan fingerprint density at radius 1 is 1.13 bits per heavy atom. The minimum absolute atomic E-state index is 0.567. The van der Waals surface area contributed by atoms with Crippen molar-refractivity contribution >= 4 is 11.8 Å². The van der Waals surface area contributed by atoms with E-state index in [0.29, 0.717) is 5.41 Å². The molecule has 0 unspecified atom stereocenters. The summed E-state index contributed by atoms with van der Waals surface area (Å²) in [5.41, 5.74) is 0.567. The molecule has 1 heterocycles. The summed E-state index contributed by atoms with van der Waals surface area (Å²) in [5.74, 6) is 2.70. The minimum Gasteiger partial charge on any atom is -0.302 e. The molecule has 0 aromatic rings. The van der Waals surface area contributed by atoms with Gasteiger partial charge >= 0.3 is 0 Å². The van der Waals surface area contributed by atoms with Crippen molar-refractivity contribution in [1.29, 1.82) is 0 Å². The maximum Gasteiger partial charge on any atom is 0.00727 e. The second-order valence-electron chi connectivity index (χ2n) is 5.43. The van der Waals surface area contributed by atoms with Crippen LogP contribution in [0.3, 0.4) is 0 Å². The Morgan fingerprint density at radius 3 is 2.40 bits per heavy atom. The fourth-order valence-electron chi connectivity index (χ4n) is 1.94. The molecule has 1 fully saturated rings. The van der Waals surface area contributed by atoms with Crippen LogP contribution >= 0.6 is 11.8 Å². The number of unbranched alkanes of at least 4 members (excludes halogenated alkanes) is 1. The Morgan fingerprint density at radius 2 is 1.80 bits per heavy atom. The first-order valence-electron chi connectivity index (χ1n) is 6.44. The summed E-state index contributed by atoms with van der Waals surface area (Å²) in [7, 11) is 0. The van der Waals surface area contributed by atoms with Crippen molar-refractivity contribution in [3.63, 3.8) is 0 Å². The lowest BCUT2D eigenvalue weighted by Crippen LogP contribution is -2.33. The lowest BCUT2D eigenvalue weighted by atomic mass is 9.85. The fourth-order valence-corrected chi connectivity index (χ4v) is 2.92. The SMILES string of the molecule is CCC(C)(C)CCCCN1CCSCC1. The molecule has 1 rings (SSSR count). The van der Waals surface area contributed by atoms with Crippen LogP contribution in [-0.4, -0.2) is 36.0 Å². The van der Waals surface area contributed by atoms with Gasteiger partial charge in [-0.2, -0.15) is 11.8 Å². The van der Waals surface area contributed by atoms with E-state index >= 15 is 0 Å². The molecular formula is C13H27NS. The third kappa shape index (κ3) is 5.82. The van der Waals surface area contributed by atoms with Gasteiger partial charge in [-0.3, -0.25) is 0 Å². The van der Waals surface area contributed by atoms with Crippen LogP contribution in [0.25, 0.3) is 0 Å². The van der Waals surface area contributed by atoms with Gasteiger partial charge in [0.1, 0.15) is 0 Å². The minimum atomic E-state index is 0.567. The Balaban J connectivity index is 2.00. The summed E-state index contributed by atoms with van der Waals surface area (Å²) in [6.45, 7) is 11.1. The third-order valence-corrected chi connectivity index (χ3v) is 4.58. The predicted octanol–water partition coefficient (Wildman–Crippen LogP) is 3.64. The first-order chi connectivity index (χ1) is 7.14. The Kier molecular flexibility index (Phi) is 6.06. The first kappa shape index (κ1) is 13.4. The maximum absolute atomic E-state index is 2.63. The van der Waals surface area contributed by atoms with E-state index in [0.717, 1.165) is 0 Å². The third-order valence-electron chi connectivity index (χ3n) is 3.64. The number of thioether (sulfide) groups is 1. The van der Waals surface area contributed by atoms with Crippen molar-refractivity contribution in [3.05, 3.63) is 0 Å². The number of hydrogen-bond donors (Lipinski definition) is 0. The van der Waals surface area contributed by atoms with Crippen molar-refractivity contribution in [1.82, 2.24) is 4.90 Å². The average Bonchev–Trinajstić information content (AvgIpc) is 2.26. The van der Waals surface area contributed by atoms with Crippen LogP contribution in [0, 0.1) is 5.41 Å². The van der Waals surface area contributed by atoms with Gasteiger partial charge in [0, 0.05) is 24.6 Å². The van der Waals surface area contributed by atoms with Gasteiger partial charge in [-0.25, -0.2) is 0 Å². The molecule has 0 aromatic carbocycles. The van der Waals surface area contributed by atoms with E-state index < -0.39 is 0 Å². The zero-order chi connectivity index (χ0) is 11.1. The normalized spacial score (nSPS) is 19.4. The van der Waals surface area contributed by atoms with E-state index in [1.54, 1.807) is 0 Å². The van der Waals surface area contributed by atoms with E-state index in [-0.39, 0.29) is 0 Å². The Hall–Kier alpha value is 0.310. The largest absolute Gasteiger partial charge is 0.302 e. The molecule has 1 aliphatic rings. The first-order valence-corrected chi connectivity index (χ1v) is 7.59. The summed E-state index contributed by atoms with van der Waals surface area (Å²) in [4.78, 5) is 2.63. The van der Waals surface area contributed by atoms with Crippen LogP contribution in [0.1, 0.15) is 46.5 Å². The smallest absolute Gasteiger partial charge is 0.00727 e. The monoisotopic (exact) mass is 229 g/mol. The lowest BCUT2D eigenvalue weighted by Gasteiger charge is -2.27. The van der Waals surface area contributed by atoms with E-state index in [1.165, 1.54) is 56.8 Å². The fraction of sp³-hybridized carbons (Fsp3) is 1.00. The summed E-state index contributed by atoms with van der Waals surface area (Å²) >= 11 is 2.10. The van der Waals surface area contributed by atoms with Crippen LogP contribution in [0.5, 0.6) is 0 Å². The Labute approximate surface area is 100.0 Å². The van der Waals surface area contributed by atoms with Gasteiger partial charge in [-0.15, -0.1) is 0 Å². The summed E-state index contributed by atoms with van der Waals surface area (Å²) in [6.07, 6.45) is 5.51. The van der Waals surface area contributed by atoms with Crippen LogP contribution in [0.15, 0.2) is 0 Å². The van der Waals surface area contributed by atoms with Gasteiger partial charge in [0.25, 0.3) is 0 Å². The molecule has 15 heavy (non-hydrogen) atoms. The second kappa shape index (κ2) is 6.80. The van der Waals surface area contributed by atoms with Crippen molar-refractivity contribution in [3.8, 4) is 0 Å². The van der Waals surface area contributed by atoms with Crippen molar-refractivity contribution in [2.45, 2.75) is 46.5 Å². The van der Waals surface area contributed by atoms with Crippen LogP contribution < -0.4 is 0 Å². The van der Waals surface area contributed by atoms with Crippen molar-refractivity contribution in [2.75, 3.05) is 31.1 Å². The molecular weight excluding hydrogens is 202 g/mol. The molecule has 1 saturated heterocycles. The molecule has 2 heteroatoms. The molecule has 0 bridgehead atoms. The van der Waals surface area contributed by atoms with Gasteiger partial charge < -0.3 is 4.90 Å². The molecule has 90 valence electrons. The molecule has 0 atom stereocenters. The molecule has 0 aromatic heterocycles. The molecule has 0 saturated carbocycles. The van der Waals surface area contributed by atoms with E-state index in [2.05, 4.69) is 37.4 Å². The highest BCUT2D eigenvalue weighted by Crippen LogP contribution is 2.26. The van der Waals surface area contributed by atoms with Crippen LogP contribution in [-0.2, 0) is 0 Å². The number of rotatable bonds is 6. The highest BCUT2D eigenvalue weighted by Gasteiger charge is 2.15. The summed E-state index contributed by atoms with van der Waals surface area (Å²) in [5, 5.41) is 0. The molecule has 1 nitrogen and oxygen atoms in total. The highest BCUT2D eigenvalue weighted by molar-refractivity contribution is 7.99. The predicted molar refractivity (Wildman–Crippen MR) is 71.7 cm³/mol. The summed E-state index contributed by atoms with van der Waals surface area (Å²) in [6, 6.07) is 0. The van der Waals surface area contributed by atoms with E-state index in [9.17, 15) is 0 Å². The van der Waals surface area contributed by atoms with Crippen molar-refractivity contribution < 1.29 is 0 Å². The van der Waals surface area contributed by atoms with Gasteiger partial charge in [0.2, 0.25) is 0 Å². The zero-order valence-electron chi connectivity index (χ0n) is 10.7. The average molecular weight is 229 g/mol. The van der Waals surface area contributed by atoms with E-state index in [4.69, 9.17) is 0 Å². The second-order valence-corrected chi connectivity index (χ2v) is 6.65. The van der Waals surface area contributed by atoms with Gasteiger partial charge in [0.05, 0.1) is 0 Å². The van der Waals surface area contributed by atoms with E-state index in [1.807, 2.05) is 0 Å². The molecule has 1 aliphatic heterocycles. The molecule has 0 amide bonds. The van der Waals surface area contributed by atoms with Crippen LogP contribution in [0.4, 0.5) is 0 Å². The number of hydrogen-bond acceptors (Lipinski definition) is 2. The molecule has 0 spiro atoms. The maximum atomic E-state index is 2.63. The molecule has 0 radical (unpaired) electrons. The van der Waals surface area contributed by atoms with Gasteiger partial charge in [-0.1, -0.05) is 33.6 Å². The quantitative estimate of drug-likeness (QED) is 0.640. The van der Waals surface area contributed by atoms with Crippen molar-refractivity contribution in [2.24, 2.45) is 5.41 Å². The standard InChI is InChI=1S/C13H27NS/c1-4-13(2,3)7-5-6-8-14-9-11-15-12-10-14/h4-12H2,1-3H3. The highest BCUT2D eigenvalue weighted by atomic mass is 32.2. The molecule has 0 N–H and O–H groups in total. The zero-order valence-corrected chi connectivity index (χ0v) is 11.5. The van der Waals surface area contributed by atoms with Gasteiger partial charge in [0.15, 0.2) is 0 Å². The summed E-state index contributed by atoms with van der Waals surface area (Å²) < 4.78 is 0. The Bertz CT molecular complexity index is 162. The molecule has 0 aliphatic carbocycles. The lowest BCUT2D eigenvalue weighted by molar-refractivity contribution is 0.268. The van der Waals surface area contributed by atoms with Crippen LogP contribution in [0.2, 0.25) is 0 Å². The topological polar surface area (TPSA) is 3.24 Å². The van der Waals surface area contributed by atoms with Gasteiger partial charge in [-0.05, 0) is 24.8 Å². The number of nitrogens with zero attached hydrogens (tertiary/aromatic N) is 1.